The molecule has 0 saturated carbocycles. The number of aryl methyl sites for hydroxylation is 1. The topological polar surface area (TPSA) is 51.8 Å². The zero-order valence-electron chi connectivity index (χ0n) is 7.37. The predicted molar refractivity (Wildman–Crippen MR) is 53.0 cm³/mol. The Hall–Kier alpha value is -0.770. The Morgan fingerprint density at radius 2 is 2.33 bits per heavy atom. The van der Waals surface area contributed by atoms with Gasteiger partial charge in [0, 0.05) is 17.5 Å². The SMILES string of the molecule is CCSCc1cnc(C)nc1N. The largest absolute Gasteiger partial charge is 0.383 e. The summed E-state index contributed by atoms with van der Waals surface area (Å²) in [6.07, 6.45) is 1.81. The van der Waals surface area contributed by atoms with Crippen LogP contribution >= 0.6 is 11.8 Å². The van der Waals surface area contributed by atoms with Gasteiger partial charge in [-0.2, -0.15) is 11.8 Å². The molecule has 0 radical (unpaired) electrons. The van der Waals surface area contributed by atoms with Gasteiger partial charge in [-0.3, -0.25) is 0 Å². The lowest BCUT2D eigenvalue weighted by atomic mass is 10.3. The van der Waals surface area contributed by atoms with Crippen molar-refractivity contribution in [2.45, 2.75) is 19.6 Å². The summed E-state index contributed by atoms with van der Waals surface area (Å²) in [5, 5.41) is 0. The van der Waals surface area contributed by atoms with E-state index in [9.17, 15) is 0 Å². The van der Waals surface area contributed by atoms with Crippen molar-refractivity contribution in [3.63, 3.8) is 0 Å². The van der Waals surface area contributed by atoms with Crippen LogP contribution < -0.4 is 5.73 Å². The van der Waals surface area contributed by atoms with Crippen LogP contribution in [0.3, 0.4) is 0 Å². The molecule has 4 heteroatoms. The zero-order valence-corrected chi connectivity index (χ0v) is 8.19. The maximum atomic E-state index is 5.70. The van der Waals surface area contributed by atoms with Crippen LogP contribution in [0.4, 0.5) is 5.82 Å². The number of aromatic nitrogens is 2. The highest BCUT2D eigenvalue weighted by Crippen LogP contribution is 2.15. The lowest BCUT2D eigenvalue weighted by molar-refractivity contribution is 1.04. The molecule has 1 rings (SSSR count). The number of anilines is 1. The highest BCUT2D eigenvalue weighted by molar-refractivity contribution is 7.98. The molecule has 1 aromatic rings. The fraction of sp³-hybridized carbons (Fsp3) is 0.500. The van der Waals surface area contributed by atoms with E-state index in [1.54, 1.807) is 6.20 Å². The quantitative estimate of drug-likeness (QED) is 0.773. The second-order valence-electron chi connectivity index (χ2n) is 2.46. The molecule has 0 aromatic carbocycles. The third-order valence-corrected chi connectivity index (χ3v) is 2.40. The summed E-state index contributed by atoms with van der Waals surface area (Å²) < 4.78 is 0. The van der Waals surface area contributed by atoms with Crippen LogP contribution in [0.2, 0.25) is 0 Å². The highest BCUT2D eigenvalue weighted by Gasteiger charge is 2.00. The van der Waals surface area contributed by atoms with Crippen LogP contribution in [0.5, 0.6) is 0 Å². The summed E-state index contributed by atoms with van der Waals surface area (Å²) in [5.74, 6) is 3.34. The first kappa shape index (κ1) is 9.32. The Morgan fingerprint density at radius 3 is 2.92 bits per heavy atom. The molecule has 12 heavy (non-hydrogen) atoms. The van der Waals surface area contributed by atoms with Gasteiger partial charge in [0.2, 0.25) is 0 Å². The molecule has 0 aliphatic rings. The van der Waals surface area contributed by atoms with Gasteiger partial charge in [0.25, 0.3) is 0 Å². The summed E-state index contributed by atoms with van der Waals surface area (Å²) in [6.45, 7) is 3.96. The maximum Gasteiger partial charge on any atom is 0.131 e. The Morgan fingerprint density at radius 1 is 1.58 bits per heavy atom. The first-order valence-corrected chi connectivity index (χ1v) is 5.05. The summed E-state index contributed by atoms with van der Waals surface area (Å²) in [7, 11) is 0. The van der Waals surface area contributed by atoms with Gasteiger partial charge in [0.1, 0.15) is 11.6 Å². The fourth-order valence-electron chi connectivity index (χ4n) is 0.836. The van der Waals surface area contributed by atoms with Crippen LogP contribution in [0.25, 0.3) is 0 Å². The van der Waals surface area contributed by atoms with Crippen molar-refractivity contribution in [3.8, 4) is 0 Å². The molecule has 0 bridgehead atoms. The van der Waals surface area contributed by atoms with E-state index in [-0.39, 0.29) is 0 Å². The molecule has 1 aromatic heterocycles. The molecule has 66 valence electrons. The van der Waals surface area contributed by atoms with Gasteiger partial charge in [-0.1, -0.05) is 6.92 Å². The first-order chi connectivity index (χ1) is 5.74. The van der Waals surface area contributed by atoms with Crippen LogP contribution in [0.15, 0.2) is 6.20 Å². The van der Waals surface area contributed by atoms with E-state index in [0.717, 1.165) is 22.9 Å². The van der Waals surface area contributed by atoms with Gasteiger partial charge < -0.3 is 5.73 Å². The Labute approximate surface area is 76.8 Å². The van der Waals surface area contributed by atoms with E-state index in [2.05, 4.69) is 16.9 Å². The van der Waals surface area contributed by atoms with Crippen molar-refractivity contribution in [3.05, 3.63) is 17.6 Å². The summed E-state index contributed by atoms with van der Waals surface area (Å²) in [4.78, 5) is 8.17. The normalized spacial score (nSPS) is 10.2. The Kier molecular flexibility index (Phi) is 3.34. The lowest BCUT2D eigenvalue weighted by Crippen LogP contribution is -2.00. The number of nitrogens with two attached hydrogens (primary N) is 1. The van der Waals surface area contributed by atoms with E-state index >= 15 is 0 Å². The molecule has 2 N–H and O–H groups in total. The third-order valence-electron chi connectivity index (χ3n) is 1.48. The molecule has 0 atom stereocenters. The fourth-order valence-corrected chi connectivity index (χ4v) is 1.48. The average Bonchev–Trinajstić information content (AvgIpc) is 2.03. The smallest absolute Gasteiger partial charge is 0.131 e. The van der Waals surface area contributed by atoms with Crippen molar-refractivity contribution in [1.29, 1.82) is 0 Å². The van der Waals surface area contributed by atoms with Crippen molar-refractivity contribution in [2.75, 3.05) is 11.5 Å². The lowest BCUT2D eigenvalue weighted by Gasteiger charge is -2.02. The van der Waals surface area contributed by atoms with Crippen LogP contribution in [-0.2, 0) is 5.75 Å². The maximum absolute atomic E-state index is 5.70. The number of thioether (sulfide) groups is 1. The summed E-state index contributed by atoms with van der Waals surface area (Å²) in [5.41, 5.74) is 6.73. The van der Waals surface area contributed by atoms with Crippen molar-refractivity contribution >= 4 is 17.6 Å². The van der Waals surface area contributed by atoms with Gasteiger partial charge in [-0.05, 0) is 12.7 Å². The summed E-state index contributed by atoms with van der Waals surface area (Å²) in [6, 6.07) is 0. The molecule has 0 amide bonds. The molecule has 0 unspecified atom stereocenters. The van der Waals surface area contributed by atoms with Crippen molar-refractivity contribution in [1.82, 2.24) is 9.97 Å². The number of hydrogen-bond acceptors (Lipinski definition) is 4. The van der Waals surface area contributed by atoms with E-state index in [0.29, 0.717) is 5.82 Å². The average molecular weight is 183 g/mol. The number of hydrogen-bond donors (Lipinski definition) is 1. The molecule has 1 heterocycles. The van der Waals surface area contributed by atoms with Crippen LogP contribution in [0, 0.1) is 6.92 Å². The minimum absolute atomic E-state index is 0.614. The van der Waals surface area contributed by atoms with Crippen molar-refractivity contribution < 1.29 is 0 Å². The molecular formula is C8H13N3S. The van der Waals surface area contributed by atoms with E-state index in [1.165, 1.54) is 0 Å². The van der Waals surface area contributed by atoms with E-state index < -0.39 is 0 Å². The number of nitrogen functional groups attached to an aromatic ring is 1. The molecular weight excluding hydrogens is 170 g/mol. The standard InChI is InChI=1S/C8H13N3S/c1-3-12-5-7-4-10-6(2)11-8(7)9/h4H,3,5H2,1-2H3,(H2,9,10,11). The molecule has 0 spiro atoms. The second-order valence-corrected chi connectivity index (χ2v) is 3.74. The van der Waals surface area contributed by atoms with Gasteiger partial charge in [0.05, 0.1) is 0 Å². The third kappa shape index (κ3) is 2.37. The zero-order chi connectivity index (χ0) is 8.97. The minimum atomic E-state index is 0.614. The Bertz CT molecular complexity index is 262. The highest BCUT2D eigenvalue weighted by atomic mass is 32.2. The van der Waals surface area contributed by atoms with Gasteiger partial charge in [-0.25, -0.2) is 9.97 Å². The molecule has 3 nitrogen and oxygen atoms in total. The Balaban J connectivity index is 2.72. The van der Waals surface area contributed by atoms with E-state index in [4.69, 9.17) is 5.73 Å². The van der Waals surface area contributed by atoms with Gasteiger partial charge >= 0.3 is 0 Å². The second kappa shape index (κ2) is 4.30. The minimum Gasteiger partial charge on any atom is -0.383 e. The molecule has 0 saturated heterocycles. The summed E-state index contributed by atoms with van der Waals surface area (Å²) >= 11 is 1.82. The molecule has 0 aliphatic carbocycles. The number of rotatable bonds is 3. The predicted octanol–water partition coefficient (Wildman–Crippen LogP) is 1.62. The van der Waals surface area contributed by atoms with E-state index in [1.807, 2.05) is 18.7 Å². The molecule has 0 aliphatic heterocycles. The first-order valence-electron chi connectivity index (χ1n) is 3.89. The van der Waals surface area contributed by atoms with Gasteiger partial charge in [0.15, 0.2) is 0 Å². The molecule has 0 fully saturated rings. The van der Waals surface area contributed by atoms with Crippen LogP contribution in [-0.4, -0.2) is 15.7 Å². The van der Waals surface area contributed by atoms with Gasteiger partial charge in [-0.15, -0.1) is 0 Å². The van der Waals surface area contributed by atoms with Crippen molar-refractivity contribution in [2.24, 2.45) is 0 Å². The monoisotopic (exact) mass is 183 g/mol. The number of nitrogens with zero attached hydrogens (tertiary/aromatic N) is 2. The van der Waals surface area contributed by atoms with Crippen LogP contribution in [0.1, 0.15) is 18.3 Å².